The van der Waals surface area contributed by atoms with Crippen molar-refractivity contribution >= 4 is 23.4 Å². The fourth-order valence-electron chi connectivity index (χ4n) is 3.05. The fraction of sp³-hybridized carbons (Fsp3) is 0.300. The number of rotatable bonds is 4. The Kier molecular flexibility index (Phi) is 5.89. The molecule has 2 amide bonds. The van der Waals surface area contributed by atoms with Gasteiger partial charge < -0.3 is 10.2 Å². The van der Waals surface area contributed by atoms with Crippen LogP contribution in [0.15, 0.2) is 48.5 Å². The van der Waals surface area contributed by atoms with Crippen LogP contribution in [-0.2, 0) is 11.3 Å². The molecule has 1 atom stereocenters. The van der Waals surface area contributed by atoms with Crippen LogP contribution in [0.1, 0.15) is 35.2 Å². The summed E-state index contributed by atoms with van der Waals surface area (Å²) >= 11 is 5.91. The molecule has 1 aliphatic heterocycles. The third-order valence-electron chi connectivity index (χ3n) is 4.48. The molecule has 1 unspecified atom stereocenters. The van der Waals surface area contributed by atoms with Crippen molar-refractivity contribution in [3.8, 4) is 0 Å². The predicted molar refractivity (Wildman–Crippen MR) is 98.4 cm³/mol. The van der Waals surface area contributed by atoms with Crippen molar-refractivity contribution in [1.82, 2.24) is 10.2 Å². The quantitative estimate of drug-likeness (QED) is 0.885. The van der Waals surface area contributed by atoms with Crippen molar-refractivity contribution in [2.45, 2.75) is 31.8 Å². The maximum Gasteiger partial charge on any atom is 0.251 e. The van der Waals surface area contributed by atoms with Crippen LogP contribution < -0.4 is 5.32 Å². The lowest BCUT2D eigenvalue weighted by atomic mass is 10.1. The Morgan fingerprint density at radius 3 is 2.50 bits per heavy atom. The number of hydrogen-bond acceptors (Lipinski definition) is 2. The number of hydrogen-bond donors (Lipinski definition) is 1. The predicted octanol–water partition coefficient (Wildman–Crippen LogP) is 3.79. The van der Waals surface area contributed by atoms with Crippen LogP contribution in [0.2, 0.25) is 5.02 Å². The zero-order chi connectivity index (χ0) is 18.5. The Bertz CT molecular complexity index is 777. The van der Waals surface area contributed by atoms with E-state index in [9.17, 15) is 14.0 Å². The zero-order valence-corrected chi connectivity index (χ0v) is 15.0. The average Bonchev–Trinajstić information content (AvgIpc) is 2.80. The van der Waals surface area contributed by atoms with Gasteiger partial charge >= 0.3 is 0 Å². The van der Waals surface area contributed by atoms with Gasteiger partial charge in [-0.15, -0.1) is 0 Å². The molecule has 4 nitrogen and oxygen atoms in total. The highest BCUT2D eigenvalue weighted by atomic mass is 35.5. The second-order valence-electron chi connectivity index (χ2n) is 6.41. The first kappa shape index (κ1) is 18.4. The van der Waals surface area contributed by atoms with Crippen LogP contribution >= 0.6 is 11.6 Å². The Balaban J connectivity index is 1.68. The number of nitrogens with one attached hydrogen (secondary N) is 1. The van der Waals surface area contributed by atoms with E-state index >= 15 is 0 Å². The summed E-state index contributed by atoms with van der Waals surface area (Å²) in [6.45, 7) is 1.14. The maximum absolute atomic E-state index is 13.0. The lowest BCUT2D eigenvalue weighted by molar-refractivity contribution is -0.133. The van der Waals surface area contributed by atoms with E-state index in [0.717, 1.165) is 18.4 Å². The second kappa shape index (κ2) is 8.32. The summed E-state index contributed by atoms with van der Waals surface area (Å²) in [4.78, 5) is 27.0. The van der Waals surface area contributed by atoms with Crippen molar-refractivity contribution in [3.05, 3.63) is 70.5 Å². The van der Waals surface area contributed by atoms with E-state index in [1.807, 2.05) is 12.1 Å². The molecule has 136 valence electrons. The molecule has 1 saturated heterocycles. The minimum Gasteiger partial charge on any atom is -0.340 e. The minimum atomic E-state index is -0.567. The molecule has 3 rings (SSSR count). The number of carbonyl (C=O) groups excluding carboxylic acids is 2. The van der Waals surface area contributed by atoms with E-state index in [1.54, 1.807) is 17.0 Å². The summed E-state index contributed by atoms with van der Waals surface area (Å²) < 4.78 is 13.0. The third kappa shape index (κ3) is 4.61. The molecule has 26 heavy (non-hydrogen) atoms. The summed E-state index contributed by atoms with van der Waals surface area (Å²) in [5, 5.41) is 3.45. The Labute approximate surface area is 157 Å². The largest absolute Gasteiger partial charge is 0.340 e. The molecular formula is C20H20ClFN2O2. The van der Waals surface area contributed by atoms with Crippen molar-refractivity contribution in [2.24, 2.45) is 0 Å². The molecule has 0 aliphatic carbocycles. The van der Waals surface area contributed by atoms with E-state index < -0.39 is 11.9 Å². The first-order valence-corrected chi connectivity index (χ1v) is 9.00. The molecule has 1 fully saturated rings. The van der Waals surface area contributed by atoms with Gasteiger partial charge in [0.25, 0.3) is 5.91 Å². The van der Waals surface area contributed by atoms with Gasteiger partial charge in [-0.25, -0.2) is 4.39 Å². The number of amides is 2. The van der Waals surface area contributed by atoms with Crippen LogP contribution in [0.4, 0.5) is 4.39 Å². The highest BCUT2D eigenvalue weighted by Gasteiger charge is 2.28. The SMILES string of the molecule is O=C(NC1CCCCN(Cc2ccc(Cl)cc2)C1=O)c1ccc(F)cc1. The maximum atomic E-state index is 13.0. The summed E-state index contributed by atoms with van der Waals surface area (Å²) in [6, 6.07) is 12.1. The standard InChI is InChI=1S/C20H20ClFN2O2/c21-16-8-4-14(5-9-16)13-24-12-2-1-3-18(20(24)26)23-19(25)15-6-10-17(22)11-7-15/h4-11,18H,1-3,12-13H2,(H,23,25). The summed E-state index contributed by atoms with van der Waals surface area (Å²) in [7, 11) is 0. The number of nitrogens with zero attached hydrogens (tertiary/aromatic N) is 1. The van der Waals surface area contributed by atoms with Gasteiger partial charge in [-0.1, -0.05) is 23.7 Å². The topological polar surface area (TPSA) is 49.4 Å². The number of carbonyl (C=O) groups is 2. The Morgan fingerprint density at radius 2 is 1.81 bits per heavy atom. The van der Waals surface area contributed by atoms with Crippen LogP contribution in [0.5, 0.6) is 0 Å². The Hall–Kier alpha value is -2.40. The van der Waals surface area contributed by atoms with Crippen LogP contribution in [-0.4, -0.2) is 29.3 Å². The molecular weight excluding hydrogens is 355 g/mol. The van der Waals surface area contributed by atoms with E-state index in [1.165, 1.54) is 24.3 Å². The van der Waals surface area contributed by atoms with Crippen molar-refractivity contribution < 1.29 is 14.0 Å². The Morgan fingerprint density at radius 1 is 1.12 bits per heavy atom. The average molecular weight is 375 g/mol. The van der Waals surface area contributed by atoms with Gasteiger partial charge in [0.1, 0.15) is 11.9 Å². The second-order valence-corrected chi connectivity index (χ2v) is 6.85. The van der Waals surface area contributed by atoms with E-state index in [0.29, 0.717) is 30.1 Å². The molecule has 1 aliphatic rings. The molecule has 2 aromatic carbocycles. The number of benzene rings is 2. The molecule has 1 N–H and O–H groups in total. The van der Waals surface area contributed by atoms with Crippen molar-refractivity contribution in [2.75, 3.05) is 6.54 Å². The van der Waals surface area contributed by atoms with E-state index in [2.05, 4.69) is 5.32 Å². The zero-order valence-electron chi connectivity index (χ0n) is 14.3. The van der Waals surface area contributed by atoms with Gasteiger partial charge in [0.2, 0.25) is 5.91 Å². The lowest BCUT2D eigenvalue weighted by Crippen LogP contribution is -2.47. The van der Waals surface area contributed by atoms with Gasteiger partial charge in [0.15, 0.2) is 0 Å². The number of halogens is 2. The van der Waals surface area contributed by atoms with Gasteiger partial charge in [0.05, 0.1) is 0 Å². The molecule has 0 aromatic heterocycles. The van der Waals surface area contributed by atoms with Gasteiger partial charge in [-0.05, 0) is 61.2 Å². The molecule has 0 radical (unpaired) electrons. The first-order chi connectivity index (χ1) is 12.5. The summed E-state index contributed by atoms with van der Waals surface area (Å²) in [5.74, 6) is -0.856. The normalized spacial score (nSPS) is 17.7. The van der Waals surface area contributed by atoms with Gasteiger partial charge in [-0.3, -0.25) is 9.59 Å². The highest BCUT2D eigenvalue weighted by Crippen LogP contribution is 2.17. The molecule has 6 heteroatoms. The van der Waals surface area contributed by atoms with Gasteiger partial charge in [0, 0.05) is 23.7 Å². The van der Waals surface area contributed by atoms with E-state index in [-0.39, 0.29) is 11.8 Å². The monoisotopic (exact) mass is 374 g/mol. The van der Waals surface area contributed by atoms with Gasteiger partial charge in [-0.2, -0.15) is 0 Å². The number of likely N-dealkylation sites (tertiary alicyclic amines) is 1. The summed E-state index contributed by atoms with van der Waals surface area (Å²) in [6.07, 6.45) is 2.35. The highest BCUT2D eigenvalue weighted by molar-refractivity contribution is 6.30. The lowest BCUT2D eigenvalue weighted by Gasteiger charge is -2.25. The first-order valence-electron chi connectivity index (χ1n) is 8.62. The molecule has 0 saturated carbocycles. The fourth-order valence-corrected chi connectivity index (χ4v) is 3.18. The molecule has 0 bridgehead atoms. The molecule has 0 spiro atoms. The molecule has 2 aromatic rings. The third-order valence-corrected chi connectivity index (χ3v) is 4.73. The van der Waals surface area contributed by atoms with E-state index in [4.69, 9.17) is 11.6 Å². The van der Waals surface area contributed by atoms with Crippen molar-refractivity contribution in [3.63, 3.8) is 0 Å². The van der Waals surface area contributed by atoms with Crippen LogP contribution in [0, 0.1) is 5.82 Å². The smallest absolute Gasteiger partial charge is 0.251 e. The van der Waals surface area contributed by atoms with Crippen LogP contribution in [0.25, 0.3) is 0 Å². The molecule has 1 heterocycles. The summed E-state index contributed by atoms with van der Waals surface area (Å²) in [5.41, 5.74) is 1.33. The minimum absolute atomic E-state index is 0.0899. The van der Waals surface area contributed by atoms with Crippen LogP contribution in [0.3, 0.4) is 0 Å². The van der Waals surface area contributed by atoms with Crippen molar-refractivity contribution in [1.29, 1.82) is 0 Å².